The Bertz CT molecular complexity index is 1050. The molecule has 0 spiro atoms. The van der Waals surface area contributed by atoms with E-state index in [1.54, 1.807) is 29.3 Å². The average Bonchev–Trinajstić information content (AvgIpc) is 3.28. The van der Waals surface area contributed by atoms with Gasteiger partial charge in [0.05, 0.1) is 17.2 Å². The fourth-order valence-corrected chi connectivity index (χ4v) is 2.63. The van der Waals surface area contributed by atoms with Crippen LogP contribution in [0.25, 0.3) is 22.4 Å². The van der Waals surface area contributed by atoms with E-state index in [1.807, 2.05) is 24.3 Å². The van der Waals surface area contributed by atoms with Crippen LogP contribution in [0.15, 0.2) is 65.5 Å². The highest BCUT2D eigenvalue weighted by atomic mass is 19.1. The lowest BCUT2D eigenvalue weighted by Crippen LogP contribution is -2.22. The summed E-state index contributed by atoms with van der Waals surface area (Å²) in [6, 6.07) is 13.5. The van der Waals surface area contributed by atoms with Gasteiger partial charge in [-0.05, 0) is 36.4 Å². The highest BCUT2D eigenvalue weighted by molar-refractivity contribution is 5.86. The van der Waals surface area contributed by atoms with Crippen molar-refractivity contribution >= 4 is 16.9 Å². The SMILES string of the molecule is O=C(CCc1ncc(-c2ccc(F)cc2)o1)Nn1cnc2ccccc21. The van der Waals surface area contributed by atoms with Crippen molar-refractivity contribution in [3.8, 4) is 11.3 Å². The van der Waals surface area contributed by atoms with E-state index >= 15 is 0 Å². The number of amides is 1. The molecule has 0 fully saturated rings. The molecule has 0 atom stereocenters. The van der Waals surface area contributed by atoms with E-state index in [2.05, 4.69) is 15.4 Å². The van der Waals surface area contributed by atoms with Crippen LogP contribution in [-0.4, -0.2) is 20.6 Å². The van der Waals surface area contributed by atoms with Crippen LogP contribution in [0.4, 0.5) is 4.39 Å². The number of aromatic nitrogens is 3. The molecule has 0 radical (unpaired) electrons. The average molecular weight is 350 g/mol. The number of imidazole rings is 1. The van der Waals surface area contributed by atoms with Gasteiger partial charge in [0.25, 0.3) is 0 Å². The summed E-state index contributed by atoms with van der Waals surface area (Å²) in [6.45, 7) is 0. The fourth-order valence-electron chi connectivity index (χ4n) is 2.63. The van der Waals surface area contributed by atoms with Crippen LogP contribution in [0.5, 0.6) is 0 Å². The van der Waals surface area contributed by atoms with Gasteiger partial charge in [0.1, 0.15) is 12.1 Å². The Morgan fingerprint density at radius 3 is 2.77 bits per heavy atom. The Hall–Kier alpha value is -3.48. The Kier molecular flexibility index (Phi) is 4.18. The molecule has 0 saturated heterocycles. The molecule has 0 aliphatic heterocycles. The number of hydrogen-bond acceptors (Lipinski definition) is 4. The molecule has 0 aliphatic carbocycles. The first-order valence-electron chi connectivity index (χ1n) is 8.11. The van der Waals surface area contributed by atoms with Crippen LogP contribution in [0.1, 0.15) is 12.3 Å². The number of hydrogen-bond donors (Lipinski definition) is 1. The number of fused-ring (bicyclic) bond motifs is 1. The maximum atomic E-state index is 13.0. The monoisotopic (exact) mass is 350 g/mol. The summed E-state index contributed by atoms with van der Waals surface area (Å²) in [4.78, 5) is 20.6. The summed E-state index contributed by atoms with van der Waals surface area (Å²) in [5, 5.41) is 0. The van der Waals surface area contributed by atoms with Crippen molar-refractivity contribution in [1.82, 2.24) is 14.6 Å². The van der Waals surface area contributed by atoms with Gasteiger partial charge in [-0.1, -0.05) is 12.1 Å². The summed E-state index contributed by atoms with van der Waals surface area (Å²) in [5.74, 6) is 0.517. The summed E-state index contributed by atoms with van der Waals surface area (Å²) in [5.41, 5.74) is 5.16. The van der Waals surface area contributed by atoms with Crippen LogP contribution in [0.3, 0.4) is 0 Å². The molecule has 0 aliphatic rings. The number of para-hydroxylation sites is 2. The first-order chi connectivity index (χ1) is 12.7. The highest BCUT2D eigenvalue weighted by Gasteiger charge is 2.10. The number of nitrogens with one attached hydrogen (secondary N) is 1. The second-order valence-electron chi connectivity index (χ2n) is 5.76. The van der Waals surface area contributed by atoms with E-state index < -0.39 is 0 Å². The van der Waals surface area contributed by atoms with Gasteiger partial charge in [0.2, 0.25) is 5.91 Å². The standard InChI is InChI=1S/C19H15FN4O2/c20-14-7-5-13(6-8-14)17-11-21-19(26-17)10-9-18(25)23-24-12-22-15-3-1-2-4-16(15)24/h1-8,11-12H,9-10H2,(H,23,25). The number of benzene rings is 2. The number of carbonyl (C=O) groups excluding carboxylic acids is 1. The maximum absolute atomic E-state index is 13.0. The smallest absolute Gasteiger partial charge is 0.239 e. The number of halogens is 1. The lowest BCUT2D eigenvalue weighted by Gasteiger charge is -2.06. The number of aryl methyl sites for hydroxylation is 1. The molecule has 0 bridgehead atoms. The van der Waals surface area contributed by atoms with Crippen molar-refractivity contribution in [3.63, 3.8) is 0 Å². The van der Waals surface area contributed by atoms with Crippen LogP contribution >= 0.6 is 0 Å². The molecule has 0 saturated carbocycles. The van der Waals surface area contributed by atoms with Crippen molar-refractivity contribution in [3.05, 3.63) is 72.8 Å². The topological polar surface area (TPSA) is 73.0 Å². The highest BCUT2D eigenvalue weighted by Crippen LogP contribution is 2.21. The van der Waals surface area contributed by atoms with Crippen molar-refractivity contribution in [2.75, 3.05) is 5.43 Å². The number of nitrogens with zero attached hydrogens (tertiary/aromatic N) is 3. The predicted octanol–water partition coefficient (Wildman–Crippen LogP) is 3.53. The minimum Gasteiger partial charge on any atom is -0.441 e. The maximum Gasteiger partial charge on any atom is 0.239 e. The number of oxazole rings is 1. The zero-order valence-electron chi connectivity index (χ0n) is 13.7. The third kappa shape index (κ3) is 3.32. The predicted molar refractivity (Wildman–Crippen MR) is 94.3 cm³/mol. The zero-order valence-corrected chi connectivity index (χ0v) is 13.7. The third-order valence-corrected chi connectivity index (χ3v) is 3.95. The zero-order chi connectivity index (χ0) is 17.9. The van der Waals surface area contributed by atoms with Crippen molar-refractivity contribution < 1.29 is 13.6 Å². The van der Waals surface area contributed by atoms with E-state index in [-0.39, 0.29) is 18.1 Å². The first-order valence-corrected chi connectivity index (χ1v) is 8.11. The Labute approximate surface area is 148 Å². The summed E-state index contributed by atoms with van der Waals surface area (Å²) in [7, 11) is 0. The molecule has 2 aromatic heterocycles. The van der Waals surface area contributed by atoms with Gasteiger partial charge in [0.15, 0.2) is 11.7 Å². The quantitative estimate of drug-likeness (QED) is 0.598. The van der Waals surface area contributed by atoms with E-state index in [4.69, 9.17) is 4.42 Å². The van der Waals surface area contributed by atoms with Crippen LogP contribution in [-0.2, 0) is 11.2 Å². The largest absolute Gasteiger partial charge is 0.441 e. The van der Waals surface area contributed by atoms with E-state index in [1.165, 1.54) is 12.1 Å². The van der Waals surface area contributed by atoms with Gasteiger partial charge >= 0.3 is 0 Å². The van der Waals surface area contributed by atoms with Crippen LogP contribution in [0.2, 0.25) is 0 Å². The Morgan fingerprint density at radius 2 is 1.92 bits per heavy atom. The summed E-state index contributed by atoms with van der Waals surface area (Å²) < 4.78 is 20.2. The first kappa shape index (κ1) is 16.0. The minimum atomic E-state index is -0.308. The number of carbonyl (C=O) groups is 1. The molecule has 2 heterocycles. The fraction of sp³-hybridized carbons (Fsp3) is 0.105. The lowest BCUT2D eigenvalue weighted by molar-refractivity contribution is -0.117. The molecular weight excluding hydrogens is 335 g/mol. The van der Waals surface area contributed by atoms with Gasteiger partial charge in [0, 0.05) is 18.4 Å². The van der Waals surface area contributed by atoms with Gasteiger partial charge in [-0.15, -0.1) is 0 Å². The summed E-state index contributed by atoms with van der Waals surface area (Å²) >= 11 is 0. The molecule has 1 N–H and O–H groups in total. The molecule has 1 amide bonds. The molecule has 7 heteroatoms. The Morgan fingerprint density at radius 1 is 1.12 bits per heavy atom. The minimum absolute atomic E-state index is 0.172. The molecule has 130 valence electrons. The lowest BCUT2D eigenvalue weighted by atomic mass is 10.2. The second kappa shape index (κ2) is 6.79. The van der Waals surface area contributed by atoms with Gasteiger partial charge < -0.3 is 4.42 Å². The van der Waals surface area contributed by atoms with Gasteiger partial charge in [-0.2, -0.15) is 0 Å². The second-order valence-corrected chi connectivity index (χ2v) is 5.76. The van der Waals surface area contributed by atoms with E-state index in [0.717, 1.165) is 16.6 Å². The molecule has 4 aromatic rings. The normalized spacial score (nSPS) is 11.0. The molecule has 2 aromatic carbocycles. The van der Waals surface area contributed by atoms with Gasteiger partial charge in [-0.25, -0.2) is 19.0 Å². The molecule has 4 rings (SSSR count). The van der Waals surface area contributed by atoms with Crippen LogP contribution in [0, 0.1) is 5.82 Å². The third-order valence-electron chi connectivity index (χ3n) is 3.95. The van der Waals surface area contributed by atoms with Crippen molar-refractivity contribution in [2.45, 2.75) is 12.8 Å². The van der Waals surface area contributed by atoms with E-state index in [9.17, 15) is 9.18 Å². The molecule has 26 heavy (non-hydrogen) atoms. The molecular formula is C19H15FN4O2. The Balaban J connectivity index is 1.38. The number of rotatable bonds is 5. The molecule has 6 nitrogen and oxygen atoms in total. The summed E-state index contributed by atoms with van der Waals surface area (Å²) in [6.07, 6.45) is 3.72. The molecule has 0 unspecified atom stereocenters. The van der Waals surface area contributed by atoms with Crippen molar-refractivity contribution in [2.24, 2.45) is 0 Å². The van der Waals surface area contributed by atoms with Gasteiger partial charge in [-0.3, -0.25) is 10.2 Å². The van der Waals surface area contributed by atoms with Crippen LogP contribution < -0.4 is 5.43 Å². The van der Waals surface area contributed by atoms with Crippen molar-refractivity contribution in [1.29, 1.82) is 0 Å². The van der Waals surface area contributed by atoms with E-state index in [0.29, 0.717) is 18.1 Å².